The first-order chi connectivity index (χ1) is 8.72. The Kier molecular flexibility index (Phi) is 4.33. The summed E-state index contributed by atoms with van der Waals surface area (Å²) in [6.45, 7) is 2.86. The first-order valence-corrected chi connectivity index (χ1v) is 6.79. The summed E-state index contributed by atoms with van der Waals surface area (Å²) < 4.78 is 0. The van der Waals surface area contributed by atoms with Crippen molar-refractivity contribution < 1.29 is 0 Å². The topological polar surface area (TPSA) is 62.7 Å². The Labute approximate surface area is 115 Å². The van der Waals surface area contributed by atoms with E-state index in [2.05, 4.69) is 32.5 Å². The van der Waals surface area contributed by atoms with Gasteiger partial charge in [0.05, 0.1) is 5.01 Å². The normalized spacial score (nSPS) is 12.2. The van der Waals surface area contributed by atoms with Gasteiger partial charge in [-0.2, -0.15) is 0 Å². The molecule has 18 heavy (non-hydrogen) atoms. The van der Waals surface area contributed by atoms with E-state index < -0.39 is 0 Å². The molecule has 0 amide bonds. The number of nitrogens with one attached hydrogen (secondary N) is 2. The third-order valence-corrected chi connectivity index (χ3v) is 3.79. The maximum atomic E-state index is 5.98. The predicted molar refractivity (Wildman–Crippen MR) is 75.6 cm³/mol. The zero-order valence-corrected chi connectivity index (χ0v) is 11.7. The van der Waals surface area contributed by atoms with E-state index in [1.807, 2.05) is 11.6 Å². The quantitative estimate of drug-likeness (QED) is 0.826. The average molecular weight is 284 g/mol. The molecular formula is C11H14ClN5S. The van der Waals surface area contributed by atoms with Crippen LogP contribution in [0.4, 0.5) is 11.5 Å². The van der Waals surface area contributed by atoms with Crippen LogP contribution in [0.3, 0.4) is 0 Å². The van der Waals surface area contributed by atoms with Gasteiger partial charge in [-0.3, -0.25) is 0 Å². The fraction of sp³-hybridized carbons (Fsp3) is 0.364. The molecule has 96 valence electrons. The average Bonchev–Trinajstić information content (AvgIpc) is 2.90. The van der Waals surface area contributed by atoms with Crippen LogP contribution in [0.25, 0.3) is 0 Å². The lowest BCUT2D eigenvalue weighted by Crippen LogP contribution is -2.12. The molecule has 0 bridgehead atoms. The van der Waals surface area contributed by atoms with Gasteiger partial charge in [-0.15, -0.1) is 11.3 Å². The minimum absolute atomic E-state index is 0.323. The zero-order chi connectivity index (χ0) is 13.0. The minimum Gasteiger partial charge on any atom is -0.383 e. The van der Waals surface area contributed by atoms with E-state index in [0.717, 1.165) is 11.6 Å². The van der Waals surface area contributed by atoms with Crippen LogP contribution in [0.2, 0.25) is 5.15 Å². The summed E-state index contributed by atoms with van der Waals surface area (Å²) in [4.78, 5) is 12.4. The minimum atomic E-state index is 0.323. The third kappa shape index (κ3) is 2.88. The molecule has 0 aliphatic heterocycles. The Morgan fingerprint density at radius 1 is 1.39 bits per heavy atom. The Morgan fingerprint density at radius 3 is 2.89 bits per heavy atom. The summed E-state index contributed by atoms with van der Waals surface area (Å²) in [7, 11) is 1.79. The van der Waals surface area contributed by atoms with Crippen molar-refractivity contribution >= 4 is 34.4 Å². The molecule has 2 N–H and O–H groups in total. The van der Waals surface area contributed by atoms with Gasteiger partial charge in [0.1, 0.15) is 12.0 Å². The Morgan fingerprint density at radius 2 is 2.22 bits per heavy atom. The Balaban J connectivity index is 2.04. The molecule has 0 radical (unpaired) electrons. The standard InChI is InChI=1S/C11H14ClN5S/c1-7(11-14-3-4-18-11)5-15-10-8(13-2)9(12)16-6-17-10/h3-4,6-7,13H,5H2,1-2H3,(H,15,16,17). The van der Waals surface area contributed by atoms with Crippen LogP contribution < -0.4 is 10.6 Å². The van der Waals surface area contributed by atoms with Crippen LogP contribution in [-0.4, -0.2) is 28.5 Å². The monoisotopic (exact) mass is 283 g/mol. The van der Waals surface area contributed by atoms with E-state index in [0.29, 0.717) is 22.6 Å². The molecule has 0 aromatic carbocycles. The fourth-order valence-electron chi connectivity index (χ4n) is 1.53. The fourth-order valence-corrected chi connectivity index (χ4v) is 2.46. The first-order valence-electron chi connectivity index (χ1n) is 5.54. The van der Waals surface area contributed by atoms with Crippen LogP contribution in [0.15, 0.2) is 17.9 Å². The van der Waals surface area contributed by atoms with Gasteiger partial charge >= 0.3 is 0 Å². The molecule has 1 atom stereocenters. The largest absolute Gasteiger partial charge is 0.383 e. The van der Waals surface area contributed by atoms with Crippen molar-refractivity contribution in [2.45, 2.75) is 12.8 Å². The number of thiazole rings is 1. The maximum Gasteiger partial charge on any atom is 0.157 e. The number of anilines is 2. The van der Waals surface area contributed by atoms with E-state index >= 15 is 0 Å². The van der Waals surface area contributed by atoms with Gasteiger partial charge in [-0.25, -0.2) is 15.0 Å². The highest BCUT2D eigenvalue weighted by molar-refractivity contribution is 7.09. The number of nitrogens with zero attached hydrogens (tertiary/aromatic N) is 3. The van der Waals surface area contributed by atoms with Crippen molar-refractivity contribution in [1.82, 2.24) is 15.0 Å². The van der Waals surface area contributed by atoms with E-state index in [1.54, 1.807) is 18.4 Å². The highest BCUT2D eigenvalue weighted by Crippen LogP contribution is 2.26. The third-order valence-electron chi connectivity index (χ3n) is 2.50. The Bertz CT molecular complexity index is 502. The lowest BCUT2D eigenvalue weighted by atomic mass is 10.2. The van der Waals surface area contributed by atoms with E-state index in [9.17, 15) is 0 Å². The molecule has 0 saturated carbocycles. The lowest BCUT2D eigenvalue weighted by molar-refractivity contribution is 0.791. The maximum absolute atomic E-state index is 5.98. The molecule has 0 fully saturated rings. The summed E-state index contributed by atoms with van der Waals surface area (Å²) in [5, 5.41) is 9.75. The van der Waals surface area contributed by atoms with Crippen molar-refractivity contribution in [3.05, 3.63) is 28.1 Å². The van der Waals surface area contributed by atoms with E-state index in [4.69, 9.17) is 11.6 Å². The second-order valence-corrected chi connectivity index (χ2v) is 5.07. The van der Waals surface area contributed by atoms with Crippen LogP contribution >= 0.6 is 22.9 Å². The number of hydrogen-bond donors (Lipinski definition) is 2. The van der Waals surface area contributed by atoms with Crippen molar-refractivity contribution in [2.75, 3.05) is 24.2 Å². The van der Waals surface area contributed by atoms with E-state index in [1.165, 1.54) is 6.33 Å². The second kappa shape index (κ2) is 5.97. The SMILES string of the molecule is CNc1c(Cl)ncnc1NCC(C)c1nccs1. The molecule has 0 spiro atoms. The first kappa shape index (κ1) is 13.0. The molecule has 2 rings (SSSR count). The number of hydrogen-bond acceptors (Lipinski definition) is 6. The van der Waals surface area contributed by atoms with Crippen LogP contribution in [0.5, 0.6) is 0 Å². The summed E-state index contributed by atoms with van der Waals surface area (Å²) in [5.41, 5.74) is 0.713. The zero-order valence-electron chi connectivity index (χ0n) is 10.1. The summed E-state index contributed by atoms with van der Waals surface area (Å²) >= 11 is 7.63. The Hall–Kier alpha value is -1.40. The van der Waals surface area contributed by atoms with Gasteiger partial charge in [0.25, 0.3) is 0 Å². The molecule has 7 heteroatoms. The van der Waals surface area contributed by atoms with Crippen molar-refractivity contribution in [1.29, 1.82) is 0 Å². The lowest BCUT2D eigenvalue weighted by Gasteiger charge is -2.13. The molecule has 5 nitrogen and oxygen atoms in total. The van der Waals surface area contributed by atoms with Gasteiger partial charge in [0.2, 0.25) is 0 Å². The van der Waals surface area contributed by atoms with Crippen molar-refractivity contribution in [2.24, 2.45) is 0 Å². The van der Waals surface area contributed by atoms with Crippen LogP contribution in [0.1, 0.15) is 17.8 Å². The van der Waals surface area contributed by atoms with Crippen LogP contribution in [-0.2, 0) is 0 Å². The highest BCUT2D eigenvalue weighted by atomic mass is 35.5. The molecular weight excluding hydrogens is 270 g/mol. The summed E-state index contributed by atoms with van der Waals surface area (Å²) in [6.07, 6.45) is 3.26. The van der Waals surface area contributed by atoms with Crippen molar-refractivity contribution in [3.63, 3.8) is 0 Å². The molecule has 2 heterocycles. The number of rotatable bonds is 5. The highest BCUT2D eigenvalue weighted by Gasteiger charge is 2.11. The smallest absolute Gasteiger partial charge is 0.157 e. The van der Waals surface area contributed by atoms with Gasteiger partial charge in [-0.05, 0) is 0 Å². The van der Waals surface area contributed by atoms with Gasteiger partial charge in [0, 0.05) is 31.1 Å². The molecule has 1 unspecified atom stereocenters. The summed E-state index contributed by atoms with van der Waals surface area (Å²) in [5.74, 6) is 1.03. The van der Waals surface area contributed by atoms with Crippen molar-refractivity contribution in [3.8, 4) is 0 Å². The second-order valence-electron chi connectivity index (χ2n) is 3.79. The molecule has 2 aromatic heterocycles. The number of halogens is 1. The van der Waals surface area contributed by atoms with Gasteiger partial charge in [0.15, 0.2) is 11.0 Å². The van der Waals surface area contributed by atoms with Crippen LogP contribution in [0, 0.1) is 0 Å². The van der Waals surface area contributed by atoms with Gasteiger partial charge in [-0.1, -0.05) is 18.5 Å². The predicted octanol–water partition coefficient (Wildman–Crippen LogP) is 2.84. The van der Waals surface area contributed by atoms with E-state index in [-0.39, 0.29) is 0 Å². The van der Waals surface area contributed by atoms with Gasteiger partial charge < -0.3 is 10.6 Å². The summed E-state index contributed by atoms with van der Waals surface area (Å²) in [6, 6.07) is 0. The molecule has 0 aliphatic carbocycles. The molecule has 0 aliphatic rings. The molecule has 0 saturated heterocycles. The number of aromatic nitrogens is 3. The molecule has 2 aromatic rings.